The molecule has 2 aromatic rings. The van der Waals surface area contributed by atoms with E-state index in [0.29, 0.717) is 31.2 Å². The van der Waals surface area contributed by atoms with Crippen molar-refractivity contribution in [2.24, 2.45) is 5.92 Å². The molecule has 2 aliphatic heterocycles. The summed E-state index contributed by atoms with van der Waals surface area (Å²) in [6.45, 7) is 5.96. The summed E-state index contributed by atoms with van der Waals surface area (Å²) in [7, 11) is 1.60. The minimum atomic E-state index is -0.487. The fraction of sp³-hybridized carbons (Fsp3) is 0.500. The van der Waals surface area contributed by atoms with Crippen LogP contribution in [0.15, 0.2) is 12.3 Å². The minimum Gasteiger partial charge on any atom is -0.483 e. The summed E-state index contributed by atoms with van der Waals surface area (Å²) in [5.74, 6) is 1.50. The van der Waals surface area contributed by atoms with E-state index in [1.807, 2.05) is 6.07 Å². The van der Waals surface area contributed by atoms with Crippen molar-refractivity contribution < 1.29 is 28.6 Å². The molecule has 1 fully saturated rings. The van der Waals surface area contributed by atoms with E-state index in [1.165, 1.54) is 27.8 Å². The maximum absolute atomic E-state index is 12.4. The Morgan fingerprint density at radius 3 is 2.89 bits per heavy atom. The van der Waals surface area contributed by atoms with Crippen LogP contribution in [0.4, 0.5) is 16.4 Å². The molecule has 0 saturated carbocycles. The monoisotopic (exact) mass is 524 g/mol. The van der Waals surface area contributed by atoms with Gasteiger partial charge in [-0.1, -0.05) is 0 Å². The van der Waals surface area contributed by atoms with Gasteiger partial charge >= 0.3 is 6.09 Å². The molecule has 0 radical (unpaired) electrons. The Morgan fingerprint density at radius 2 is 2.08 bits per heavy atom. The predicted molar refractivity (Wildman–Crippen MR) is 138 cm³/mol. The number of hydrogen-bond donors (Lipinski definition) is 3. The van der Waals surface area contributed by atoms with Gasteiger partial charge in [0.15, 0.2) is 24.8 Å². The molecule has 1 saturated heterocycles. The first-order valence-electron chi connectivity index (χ1n) is 12.8. The van der Waals surface area contributed by atoms with E-state index in [-0.39, 0.29) is 42.8 Å². The fourth-order valence-electron chi connectivity index (χ4n) is 5.14. The van der Waals surface area contributed by atoms with Crippen LogP contribution in [0.3, 0.4) is 0 Å². The van der Waals surface area contributed by atoms with Gasteiger partial charge in [-0.25, -0.2) is 14.8 Å². The number of likely N-dealkylation sites (N-methyl/N-ethyl adjacent to an activating group) is 1. The third-order valence-electron chi connectivity index (χ3n) is 7.18. The van der Waals surface area contributed by atoms with Crippen LogP contribution in [-0.4, -0.2) is 73.9 Å². The Balaban J connectivity index is 1.10. The number of rotatable bonds is 9. The van der Waals surface area contributed by atoms with Crippen molar-refractivity contribution in [1.29, 1.82) is 0 Å². The summed E-state index contributed by atoms with van der Waals surface area (Å²) in [5, 5.41) is 8.69. The molecule has 202 valence electrons. The average Bonchev–Trinajstić information content (AvgIpc) is 3.51. The van der Waals surface area contributed by atoms with Gasteiger partial charge in [-0.05, 0) is 80.4 Å². The molecular formula is C26H32N6O6. The predicted octanol–water partition coefficient (Wildman–Crippen LogP) is 1.27. The van der Waals surface area contributed by atoms with Crippen LogP contribution in [0.2, 0.25) is 0 Å². The van der Waals surface area contributed by atoms with Gasteiger partial charge < -0.3 is 30.2 Å². The second kappa shape index (κ2) is 10.8. The largest absolute Gasteiger partial charge is 0.483 e. The highest BCUT2D eigenvalue weighted by Crippen LogP contribution is 2.36. The fourth-order valence-corrected chi connectivity index (χ4v) is 5.14. The molecule has 1 aromatic heterocycles. The van der Waals surface area contributed by atoms with Gasteiger partial charge in [0.1, 0.15) is 11.9 Å². The van der Waals surface area contributed by atoms with E-state index in [4.69, 9.17) is 14.2 Å². The lowest BCUT2D eigenvalue weighted by Gasteiger charge is -2.18. The van der Waals surface area contributed by atoms with Gasteiger partial charge in [-0.15, -0.1) is 0 Å². The molecule has 0 bridgehead atoms. The molecular weight excluding hydrogens is 492 g/mol. The summed E-state index contributed by atoms with van der Waals surface area (Å²) in [6, 6.07) is 2.03. The van der Waals surface area contributed by atoms with Crippen molar-refractivity contribution in [3.63, 3.8) is 0 Å². The molecule has 3 N–H and O–H groups in total. The van der Waals surface area contributed by atoms with E-state index >= 15 is 0 Å². The summed E-state index contributed by atoms with van der Waals surface area (Å²) in [4.78, 5) is 45.4. The molecule has 1 aromatic carbocycles. The van der Waals surface area contributed by atoms with Crippen molar-refractivity contribution in [2.45, 2.75) is 39.2 Å². The van der Waals surface area contributed by atoms with E-state index < -0.39 is 6.09 Å². The van der Waals surface area contributed by atoms with Crippen LogP contribution in [0.1, 0.15) is 28.7 Å². The first-order chi connectivity index (χ1) is 18.3. The summed E-state index contributed by atoms with van der Waals surface area (Å²) >= 11 is 0. The van der Waals surface area contributed by atoms with Gasteiger partial charge in [0.2, 0.25) is 0 Å². The Morgan fingerprint density at radius 1 is 1.26 bits per heavy atom. The smallest absolute Gasteiger partial charge is 0.415 e. The first-order valence-corrected chi connectivity index (χ1v) is 12.8. The molecule has 12 heteroatoms. The molecule has 3 amide bonds. The van der Waals surface area contributed by atoms with Crippen LogP contribution in [0.5, 0.6) is 11.6 Å². The maximum Gasteiger partial charge on any atom is 0.415 e. The van der Waals surface area contributed by atoms with Crippen molar-refractivity contribution >= 4 is 29.5 Å². The number of anilines is 2. The van der Waals surface area contributed by atoms with E-state index in [2.05, 4.69) is 39.8 Å². The topological polar surface area (TPSA) is 144 Å². The van der Waals surface area contributed by atoms with Crippen LogP contribution < -0.4 is 30.3 Å². The minimum absolute atomic E-state index is 0.00768. The summed E-state index contributed by atoms with van der Waals surface area (Å²) < 4.78 is 16.5. The number of nitrogens with zero attached hydrogens (tertiary/aromatic N) is 3. The Kier molecular flexibility index (Phi) is 7.32. The molecule has 1 aliphatic carbocycles. The number of benzene rings is 1. The number of amides is 3. The molecule has 0 spiro atoms. The molecule has 3 heterocycles. The Hall–Kier alpha value is -3.93. The lowest BCUT2D eigenvalue weighted by molar-refractivity contribution is -0.122. The van der Waals surface area contributed by atoms with Gasteiger partial charge in [0.05, 0.1) is 12.7 Å². The van der Waals surface area contributed by atoms with Gasteiger partial charge in [-0.3, -0.25) is 14.5 Å². The van der Waals surface area contributed by atoms with E-state index in [9.17, 15) is 14.4 Å². The second-order valence-electron chi connectivity index (χ2n) is 9.84. The van der Waals surface area contributed by atoms with Crippen LogP contribution in [0, 0.1) is 19.8 Å². The number of ether oxygens (including phenoxy) is 3. The number of fused-ring (bicyclic) bond motifs is 2. The van der Waals surface area contributed by atoms with E-state index in [0.717, 1.165) is 30.7 Å². The van der Waals surface area contributed by atoms with Gasteiger partial charge in [0, 0.05) is 7.05 Å². The highest BCUT2D eigenvalue weighted by Gasteiger charge is 2.34. The van der Waals surface area contributed by atoms with Crippen molar-refractivity contribution in [1.82, 2.24) is 20.6 Å². The third kappa shape index (κ3) is 5.35. The van der Waals surface area contributed by atoms with Crippen molar-refractivity contribution in [3.05, 3.63) is 34.5 Å². The lowest BCUT2D eigenvalue weighted by atomic mass is 9.99. The third-order valence-corrected chi connectivity index (χ3v) is 7.18. The van der Waals surface area contributed by atoms with Gasteiger partial charge in [-0.2, -0.15) is 0 Å². The molecule has 12 nitrogen and oxygen atoms in total. The number of nitrogens with one attached hydrogen (secondary N) is 3. The maximum atomic E-state index is 12.4. The lowest BCUT2D eigenvalue weighted by Crippen LogP contribution is -2.30. The molecule has 3 aliphatic rings. The molecule has 38 heavy (non-hydrogen) atoms. The summed E-state index contributed by atoms with van der Waals surface area (Å²) in [6.07, 6.45) is 3.29. The highest BCUT2D eigenvalue weighted by atomic mass is 16.6. The molecule has 2 atom stereocenters. The quantitative estimate of drug-likeness (QED) is 0.413. The Bertz CT molecular complexity index is 1270. The van der Waals surface area contributed by atoms with E-state index in [1.54, 1.807) is 7.05 Å². The SMILES string of the molecule is CNC(=O)COc1cc(C)c2c(c1C)CC(CNCCC1CN(c3cnc4c(n3)NC(=O)CO4)C(=O)O1)C2. The normalized spacial score (nSPS) is 19.8. The average molecular weight is 525 g/mol. The first kappa shape index (κ1) is 25.7. The van der Waals surface area contributed by atoms with Gasteiger partial charge in [0.25, 0.3) is 17.7 Å². The zero-order chi connectivity index (χ0) is 26.8. The Labute approximate surface area is 220 Å². The van der Waals surface area contributed by atoms with Crippen LogP contribution in [-0.2, 0) is 27.2 Å². The second-order valence-corrected chi connectivity index (χ2v) is 9.84. The number of aromatic nitrogens is 2. The summed E-state index contributed by atoms with van der Waals surface area (Å²) in [5.41, 5.74) is 4.98. The van der Waals surface area contributed by atoms with Crippen LogP contribution in [0.25, 0.3) is 0 Å². The number of aryl methyl sites for hydroxylation is 1. The number of carbonyl (C=O) groups excluding carboxylic acids is 3. The number of carbonyl (C=O) groups is 3. The zero-order valence-electron chi connectivity index (χ0n) is 21.8. The number of hydrogen-bond acceptors (Lipinski definition) is 9. The standard InChI is InChI=1S/C26H32N6O6/c1-14-6-20(36-12-22(33)27-3)15(2)19-8-16(7-18(14)19)9-28-5-4-17-11-32(26(35)38-17)21-10-29-25-24(30-21)31-23(34)13-37-25/h6,10,16-17,28H,4-5,7-9,11-13H2,1-3H3,(H,27,33)(H,30,31,34). The van der Waals surface area contributed by atoms with Crippen molar-refractivity contribution in [3.8, 4) is 11.6 Å². The zero-order valence-corrected chi connectivity index (χ0v) is 21.8. The molecule has 5 rings (SSSR count). The van der Waals surface area contributed by atoms with Crippen molar-refractivity contribution in [2.75, 3.05) is 50.1 Å². The number of cyclic esters (lactones) is 1. The highest BCUT2D eigenvalue weighted by molar-refractivity contribution is 5.94. The molecule has 2 unspecified atom stereocenters. The van der Waals surface area contributed by atoms with Crippen LogP contribution >= 0.6 is 0 Å².